The summed E-state index contributed by atoms with van der Waals surface area (Å²) in [6, 6.07) is 11.4. The molecule has 5 heterocycles. The molecule has 3 aromatic rings. The summed E-state index contributed by atoms with van der Waals surface area (Å²) in [6.07, 6.45) is 1.02. The molecule has 0 fully saturated rings. The third-order valence-corrected chi connectivity index (χ3v) is 5.52. The number of benzene rings is 2. The van der Waals surface area contributed by atoms with E-state index < -0.39 is 29.1 Å². The van der Waals surface area contributed by atoms with Crippen molar-refractivity contribution in [2.24, 2.45) is 0 Å². The number of fused-ring (bicyclic) bond motifs is 2. The zero-order valence-corrected chi connectivity index (χ0v) is 18.7. The van der Waals surface area contributed by atoms with Gasteiger partial charge in [-0.3, -0.25) is 14.4 Å². The summed E-state index contributed by atoms with van der Waals surface area (Å²) in [6.45, 7) is 1.02. The van der Waals surface area contributed by atoms with Crippen LogP contribution < -0.4 is 26.0 Å². The monoisotopic (exact) mass is 477 g/mol. The minimum absolute atomic E-state index is 0.102. The third-order valence-electron chi connectivity index (χ3n) is 5.52. The number of hydrogen-bond acceptors (Lipinski definition) is 8. The van der Waals surface area contributed by atoms with Gasteiger partial charge >= 0.3 is 0 Å². The van der Waals surface area contributed by atoms with Crippen molar-refractivity contribution in [3.05, 3.63) is 54.5 Å². The van der Waals surface area contributed by atoms with Crippen LogP contribution in [-0.4, -0.2) is 51.8 Å². The minimum atomic E-state index is -1.89. The molecular formula is C23H20FN7O4. The van der Waals surface area contributed by atoms with Gasteiger partial charge < -0.3 is 30.9 Å². The van der Waals surface area contributed by atoms with Gasteiger partial charge in [0.25, 0.3) is 17.4 Å². The highest BCUT2D eigenvalue weighted by atomic mass is 19.1. The van der Waals surface area contributed by atoms with E-state index in [1.165, 1.54) is 26.1 Å². The second-order valence-corrected chi connectivity index (χ2v) is 8.23. The Bertz CT molecular complexity index is 1380. The number of ether oxygens (including phenoxy) is 1. The number of hydrogen-bond donors (Lipinski definition) is 4. The van der Waals surface area contributed by atoms with Crippen molar-refractivity contribution in [1.29, 1.82) is 0 Å². The van der Waals surface area contributed by atoms with E-state index in [2.05, 4.69) is 31.2 Å². The van der Waals surface area contributed by atoms with Gasteiger partial charge in [0.1, 0.15) is 5.75 Å². The summed E-state index contributed by atoms with van der Waals surface area (Å²) >= 11 is 0. The lowest BCUT2D eigenvalue weighted by atomic mass is 10.0. The molecule has 7 rings (SSSR count). The normalized spacial score (nSPS) is 19.4. The van der Waals surface area contributed by atoms with E-state index in [4.69, 9.17) is 4.74 Å². The molecule has 0 saturated heterocycles. The molecule has 0 saturated carbocycles. The van der Waals surface area contributed by atoms with Gasteiger partial charge in [-0.25, -0.2) is 9.37 Å². The molecule has 0 aliphatic carbocycles. The van der Waals surface area contributed by atoms with Crippen LogP contribution in [0.4, 0.5) is 38.9 Å². The Kier molecular flexibility index (Phi) is 5.20. The highest BCUT2D eigenvalue weighted by Crippen LogP contribution is 2.37. The Morgan fingerprint density at radius 1 is 1.00 bits per heavy atom. The SMILES string of the molecule is CN1CC(=O)Nc2cccc(c2)Nc2ncc(F)c(n2)Nc2ccc3c(c2)NC(=O)C(C)(O3)C1=O. The van der Waals surface area contributed by atoms with E-state index in [9.17, 15) is 18.8 Å². The van der Waals surface area contributed by atoms with E-state index in [-0.39, 0.29) is 29.7 Å². The van der Waals surface area contributed by atoms with Crippen molar-refractivity contribution in [3.8, 4) is 5.75 Å². The maximum absolute atomic E-state index is 14.4. The number of amides is 3. The number of carbonyl (C=O) groups excluding carboxylic acids is 3. The second-order valence-electron chi connectivity index (χ2n) is 8.23. The number of aromatic nitrogens is 2. The van der Waals surface area contributed by atoms with Gasteiger partial charge in [-0.1, -0.05) is 6.07 Å². The van der Waals surface area contributed by atoms with E-state index in [0.717, 1.165) is 11.1 Å². The highest BCUT2D eigenvalue weighted by molar-refractivity contribution is 6.16. The molecular weight excluding hydrogens is 457 g/mol. The second kappa shape index (κ2) is 8.24. The lowest BCUT2D eigenvalue weighted by Gasteiger charge is -2.35. The van der Waals surface area contributed by atoms with Gasteiger partial charge in [-0.05, 0) is 43.3 Å². The lowest BCUT2D eigenvalue weighted by molar-refractivity contribution is -0.154. The molecule has 1 unspecified atom stereocenters. The number of anilines is 6. The van der Waals surface area contributed by atoms with E-state index in [0.29, 0.717) is 17.1 Å². The summed E-state index contributed by atoms with van der Waals surface area (Å²) in [5.41, 5.74) is -0.204. The van der Waals surface area contributed by atoms with Crippen molar-refractivity contribution in [2.75, 3.05) is 34.9 Å². The molecule has 1 atom stereocenters. The molecule has 4 N–H and O–H groups in total. The maximum Gasteiger partial charge on any atom is 0.278 e. The predicted molar refractivity (Wildman–Crippen MR) is 125 cm³/mol. The number of rotatable bonds is 0. The summed E-state index contributed by atoms with van der Waals surface area (Å²) in [5, 5.41) is 11.2. The average molecular weight is 477 g/mol. The molecule has 4 aliphatic heterocycles. The smallest absolute Gasteiger partial charge is 0.278 e. The van der Waals surface area contributed by atoms with E-state index in [1.54, 1.807) is 30.3 Å². The molecule has 0 spiro atoms. The number of nitrogens with one attached hydrogen (secondary N) is 4. The van der Waals surface area contributed by atoms with Gasteiger partial charge in [-0.2, -0.15) is 4.98 Å². The first-order valence-electron chi connectivity index (χ1n) is 10.6. The summed E-state index contributed by atoms with van der Waals surface area (Å²) in [5.74, 6) is -2.32. The molecule has 2 aromatic carbocycles. The van der Waals surface area contributed by atoms with Crippen molar-refractivity contribution in [3.63, 3.8) is 0 Å². The maximum atomic E-state index is 14.4. The van der Waals surface area contributed by atoms with Crippen LogP contribution in [0.5, 0.6) is 5.75 Å². The lowest BCUT2D eigenvalue weighted by Crippen LogP contribution is -2.59. The Hall–Kier alpha value is -4.74. The molecule has 12 heteroatoms. The van der Waals surface area contributed by atoms with Crippen molar-refractivity contribution < 1.29 is 23.5 Å². The molecule has 3 amide bonds. The van der Waals surface area contributed by atoms with Crippen LogP contribution in [0.25, 0.3) is 0 Å². The number of halogens is 1. The molecule has 4 aliphatic rings. The van der Waals surface area contributed by atoms with Gasteiger partial charge in [0.2, 0.25) is 11.9 Å². The average Bonchev–Trinajstić information content (AvgIpc) is 2.81. The van der Waals surface area contributed by atoms with Crippen LogP contribution in [0, 0.1) is 5.82 Å². The first-order valence-corrected chi connectivity index (χ1v) is 10.6. The zero-order valence-electron chi connectivity index (χ0n) is 18.7. The zero-order chi connectivity index (χ0) is 24.7. The van der Waals surface area contributed by atoms with E-state index in [1.807, 2.05) is 0 Å². The molecule has 0 radical (unpaired) electrons. The molecule has 178 valence electrons. The van der Waals surface area contributed by atoms with Crippen molar-refractivity contribution >= 4 is 52.2 Å². The summed E-state index contributed by atoms with van der Waals surface area (Å²) < 4.78 is 20.2. The molecule has 11 nitrogen and oxygen atoms in total. The fraction of sp³-hybridized carbons (Fsp3) is 0.174. The Balaban J connectivity index is 1.58. The topological polar surface area (TPSA) is 138 Å². The van der Waals surface area contributed by atoms with E-state index >= 15 is 0 Å². The fourth-order valence-corrected chi connectivity index (χ4v) is 3.75. The minimum Gasteiger partial charge on any atom is -0.466 e. The van der Waals surface area contributed by atoms with Crippen LogP contribution in [-0.2, 0) is 14.4 Å². The standard InChI is InChI=1S/C23H20FN7O4/c1-23-20(33)29-16-9-14(6-7-17(16)35-23)27-19-15(24)10-25-22(30-19)28-13-5-3-4-12(8-13)26-18(32)11-31(2)21(23)34/h3-10H,11H2,1-2H3,(H,26,32)(H,29,33)(H2,25,27,28,30). The molecule has 35 heavy (non-hydrogen) atoms. The highest BCUT2D eigenvalue weighted by Gasteiger charge is 2.49. The quantitative estimate of drug-likeness (QED) is 0.363. The van der Waals surface area contributed by atoms with Gasteiger partial charge in [0, 0.05) is 24.1 Å². The Morgan fingerprint density at radius 3 is 2.54 bits per heavy atom. The Labute approximate surface area is 198 Å². The Morgan fingerprint density at radius 2 is 1.74 bits per heavy atom. The van der Waals surface area contributed by atoms with Crippen molar-refractivity contribution in [1.82, 2.24) is 14.9 Å². The summed E-state index contributed by atoms with van der Waals surface area (Å²) in [7, 11) is 1.41. The fourth-order valence-electron chi connectivity index (χ4n) is 3.75. The van der Waals surface area contributed by atoms with Crippen LogP contribution >= 0.6 is 0 Å². The first kappa shape index (κ1) is 22.1. The predicted octanol–water partition coefficient (Wildman–Crippen LogP) is 2.60. The molecule has 1 aromatic heterocycles. The largest absolute Gasteiger partial charge is 0.466 e. The number of likely N-dealkylation sites (N-methyl/N-ethyl adjacent to an activating group) is 1. The van der Waals surface area contributed by atoms with Crippen LogP contribution in [0.3, 0.4) is 0 Å². The number of carbonyl (C=O) groups is 3. The van der Waals surface area contributed by atoms with Gasteiger partial charge in [-0.15, -0.1) is 0 Å². The van der Waals surface area contributed by atoms with Gasteiger partial charge in [0.05, 0.1) is 18.4 Å². The van der Waals surface area contributed by atoms with Crippen LogP contribution in [0.2, 0.25) is 0 Å². The third kappa shape index (κ3) is 4.16. The van der Waals surface area contributed by atoms with Crippen LogP contribution in [0.1, 0.15) is 6.92 Å². The van der Waals surface area contributed by atoms with Crippen molar-refractivity contribution in [2.45, 2.75) is 12.5 Å². The first-order chi connectivity index (χ1) is 16.7. The molecule has 8 bridgehead atoms. The van der Waals surface area contributed by atoms with Crippen LogP contribution in [0.15, 0.2) is 48.7 Å². The van der Waals surface area contributed by atoms with Gasteiger partial charge in [0.15, 0.2) is 11.6 Å². The summed E-state index contributed by atoms with van der Waals surface area (Å²) in [4.78, 5) is 47.9. The number of nitrogens with zero attached hydrogens (tertiary/aromatic N) is 3.